The first-order chi connectivity index (χ1) is 9.04. The Balaban J connectivity index is 2.28. The number of aryl methyl sites for hydroxylation is 1. The highest BCUT2D eigenvalue weighted by atomic mass is 79.9. The van der Waals surface area contributed by atoms with Crippen LogP contribution >= 0.6 is 15.9 Å². The van der Waals surface area contributed by atoms with Crippen molar-refractivity contribution in [1.82, 2.24) is 4.90 Å². The summed E-state index contributed by atoms with van der Waals surface area (Å²) in [6, 6.07) is 5.13. The largest absolute Gasteiger partial charge is 0.467 e. The minimum Gasteiger partial charge on any atom is -0.467 e. The maximum Gasteiger partial charge on any atom is 0.328 e. The van der Waals surface area contributed by atoms with Crippen LogP contribution in [0.25, 0.3) is 0 Å². The van der Waals surface area contributed by atoms with Crippen molar-refractivity contribution in [2.45, 2.75) is 25.8 Å². The van der Waals surface area contributed by atoms with Gasteiger partial charge in [-0.2, -0.15) is 0 Å². The Kier molecular flexibility index (Phi) is 4.24. The van der Waals surface area contributed by atoms with Crippen LogP contribution < -0.4 is 0 Å². The summed E-state index contributed by atoms with van der Waals surface area (Å²) in [6.07, 6.45) is 1.50. The van der Waals surface area contributed by atoms with Gasteiger partial charge in [0.25, 0.3) is 5.91 Å². The molecule has 0 aromatic heterocycles. The van der Waals surface area contributed by atoms with Crippen molar-refractivity contribution in [3.05, 3.63) is 33.8 Å². The second-order valence-corrected chi connectivity index (χ2v) is 5.55. The number of hydrogen-bond donors (Lipinski definition) is 0. The number of methoxy groups -OCH3 is 1. The second kappa shape index (κ2) is 5.74. The lowest BCUT2D eigenvalue weighted by Gasteiger charge is -2.23. The molecule has 1 aliphatic heterocycles. The fraction of sp³-hybridized carbons (Fsp3) is 0.429. The van der Waals surface area contributed by atoms with Crippen molar-refractivity contribution in [2.75, 3.05) is 13.7 Å². The molecular weight excluding hydrogens is 310 g/mol. The van der Waals surface area contributed by atoms with Crippen LogP contribution in [0, 0.1) is 6.92 Å². The van der Waals surface area contributed by atoms with Crippen LogP contribution in [0.2, 0.25) is 0 Å². The average Bonchev–Trinajstić information content (AvgIpc) is 2.89. The number of ether oxygens (including phenoxy) is 1. The van der Waals surface area contributed by atoms with E-state index in [1.54, 1.807) is 11.0 Å². The van der Waals surface area contributed by atoms with E-state index in [0.29, 0.717) is 18.5 Å². The number of carbonyl (C=O) groups excluding carboxylic acids is 2. The first kappa shape index (κ1) is 14.1. The zero-order chi connectivity index (χ0) is 14.0. The van der Waals surface area contributed by atoms with Gasteiger partial charge in [0.05, 0.1) is 7.11 Å². The molecule has 0 spiro atoms. The number of rotatable bonds is 2. The van der Waals surface area contributed by atoms with Gasteiger partial charge in [-0.25, -0.2) is 4.79 Å². The van der Waals surface area contributed by atoms with Crippen LogP contribution in [0.15, 0.2) is 22.7 Å². The molecule has 1 amide bonds. The van der Waals surface area contributed by atoms with Crippen molar-refractivity contribution in [2.24, 2.45) is 0 Å². The average molecular weight is 326 g/mol. The maximum atomic E-state index is 12.5. The molecule has 102 valence electrons. The molecule has 1 heterocycles. The second-order valence-electron chi connectivity index (χ2n) is 4.64. The van der Waals surface area contributed by atoms with Crippen LogP contribution in [0.5, 0.6) is 0 Å². The van der Waals surface area contributed by atoms with E-state index in [2.05, 4.69) is 15.9 Å². The highest BCUT2D eigenvalue weighted by Gasteiger charge is 2.35. The van der Waals surface area contributed by atoms with E-state index in [4.69, 9.17) is 4.74 Å². The topological polar surface area (TPSA) is 46.6 Å². The number of likely N-dealkylation sites (tertiary alicyclic amines) is 1. The van der Waals surface area contributed by atoms with Gasteiger partial charge in [-0.15, -0.1) is 0 Å². The van der Waals surface area contributed by atoms with Gasteiger partial charge >= 0.3 is 5.97 Å². The normalized spacial score (nSPS) is 18.5. The van der Waals surface area contributed by atoms with Crippen molar-refractivity contribution in [3.63, 3.8) is 0 Å². The highest BCUT2D eigenvalue weighted by molar-refractivity contribution is 9.10. The summed E-state index contributed by atoms with van der Waals surface area (Å²) in [5.74, 6) is -0.440. The Morgan fingerprint density at radius 1 is 1.42 bits per heavy atom. The summed E-state index contributed by atoms with van der Waals surface area (Å²) in [6.45, 7) is 2.49. The van der Waals surface area contributed by atoms with Gasteiger partial charge in [0.1, 0.15) is 6.04 Å². The predicted molar refractivity (Wildman–Crippen MR) is 75.0 cm³/mol. The fourth-order valence-corrected chi connectivity index (χ4v) is 2.73. The van der Waals surface area contributed by atoms with Gasteiger partial charge in [0.15, 0.2) is 0 Å². The Morgan fingerprint density at radius 3 is 2.84 bits per heavy atom. The number of esters is 1. The number of benzene rings is 1. The highest BCUT2D eigenvalue weighted by Crippen LogP contribution is 2.24. The van der Waals surface area contributed by atoms with Crippen molar-refractivity contribution in [1.29, 1.82) is 0 Å². The smallest absolute Gasteiger partial charge is 0.328 e. The summed E-state index contributed by atoms with van der Waals surface area (Å²) in [4.78, 5) is 25.8. The summed E-state index contributed by atoms with van der Waals surface area (Å²) < 4.78 is 5.62. The van der Waals surface area contributed by atoms with Crippen LogP contribution in [0.4, 0.5) is 0 Å². The molecular formula is C14H16BrNO3. The quantitative estimate of drug-likeness (QED) is 0.785. The van der Waals surface area contributed by atoms with Gasteiger partial charge in [-0.3, -0.25) is 4.79 Å². The molecule has 1 unspecified atom stereocenters. The first-order valence-corrected chi connectivity index (χ1v) is 6.99. The van der Waals surface area contributed by atoms with Crippen molar-refractivity contribution < 1.29 is 14.3 Å². The Morgan fingerprint density at radius 2 is 2.16 bits per heavy atom. The van der Waals surface area contributed by atoms with Gasteiger partial charge in [-0.1, -0.05) is 22.0 Å². The molecule has 0 saturated carbocycles. The molecule has 19 heavy (non-hydrogen) atoms. The molecule has 1 aromatic carbocycles. The fourth-order valence-electron chi connectivity index (χ4n) is 2.37. The molecule has 0 bridgehead atoms. The van der Waals surface area contributed by atoms with Gasteiger partial charge in [-0.05, 0) is 37.5 Å². The van der Waals surface area contributed by atoms with Gasteiger partial charge in [0.2, 0.25) is 0 Å². The third-order valence-electron chi connectivity index (χ3n) is 3.42. The van der Waals surface area contributed by atoms with E-state index in [9.17, 15) is 9.59 Å². The van der Waals surface area contributed by atoms with E-state index >= 15 is 0 Å². The van der Waals surface area contributed by atoms with E-state index in [1.807, 2.05) is 19.1 Å². The zero-order valence-corrected chi connectivity index (χ0v) is 12.6. The van der Waals surface area contributed by atoms with Crippen LogP contribution in [0.3, 0.4) is 0 Å². The number of nitrogens with zero attached hydrogens (tertiary/aromatic N) is 1. The summed E-state index contributed by atoms with van der Waals surface area (Å²) in [5, 5.41) is 0. The summed E-state index contributed by atoms with van der Waals surface area (Å²) >= 11 is 3.37. The zero-order valence-electron chi connectivity index (χ0n) is 11.0. The molecule has 1 atom stereocenters. The molecule has 1 saturated heterocycles. The van der Waals surface area contributed by atoms with Gasteiger partial charge in [0, 0.05) is 16.6 Å². The van der Waals surface area contributed by atoms with E-state index < -0.39 is 6.04 Å². The van der Waals surface area contributed by atoms with Gasteiger partial charge < -0.3 is 9.64 Å². The van der Waals surface area contributed by atoms with Crippen LogP contribution in [-0.2, 0) is 9.53 Å². The number of carbonyl (C=O) groups is 2. The van der Waals surface area contributed by atoms with Crippen molar-refractivity contribution >= 4 is 27.8 Å². The minimum atomic E-state index is -0.448. The van der Waals surface area contributed by atoms with E-state index in [-0.39, 0.29) is 11.9 Å². The monoisotopic (exact) mass is 325 g/mol. The lowest BCUT2D eigenvalue weighted by molar-refractivity contribution is -0.145. The third-order valence-corrected chi connectivity index (χ3v) is 3.91. The standard InChI is InChI=1S/C14H16BrNO3/c1-9-5-6-10(15)8-11(9)13(17)16-7-3-4-12(16)14(18)19-2/h5-6,8,12H,3-4,7H2,1-2H3. The summed E-state index contributed by atoms with van der Waals surface area (Å²) in [7, 11) is 1.35. The number of halogens is 1. The number of hydrogen-bond acceptors (Lipinski definition) is 3. The maximum absolute atomic E-state index is 12.5. The van der Waals surface area contributed by atoms with E-state index in [0.717, 1.165) is 16.5 Å². The lowest BCUT2D eigenvalue weighted by atomic mass is 10.1. The third kappa shape index (κ3) is 2.81. The SMILES string of the molecule is COC(=O)C1CCCN1C(=O)c1cc(Br)ccc1C. The minimum absolute atomic E-state index is 0.105. The Hall–Kier alpha value is -1.36. The van der Waals surface area contributed by atoms with Crippen molar-refractivity contribution in [3.8, 4) is 0 Å². The van der Waals surface area contributed by atoms with Crippen LogP contribution in [0.1, 0.15) is 28.8 Å². The molecule has 1 aliphatic rings. The first-order valence-electron chi connectivity index (χ1n) is 6.19. The Labute approximate surface area is 120 Å². The Bertz CT molecular complexity index is 515. The van der Waals surface area contributed by atoms with E-state index in [1.165, 1.54) is 7.11 Å². The molecule has 5 heteroatoms. The molecule has 0 aliphatic carbocycles. The molecule has 4 nitrogen and oxygen atoms in total. The number of amides is 1. The lowest BCUT2D eigenvalue weighted by Crippen LogP contribution is -2.41. The molecule has 2 rings (SSSR count). The molecule has 1 aromatic rings. The van der Waals surface area contributed by atoms with Crippen LogP contribution in [-0.4, -0.2) is 36.5 Å². The predicted octanol–water partition coefficient (Wildman–Crippen LogP) is 2.54. The molecule has 0 radical (unpaired) electrons. The molecule has 1 fully saturated rings. The molecule has 0 N–H and O–H groups in total. The summed E-state index contributed by atoms with van der Waals surface area (Å²) in [5.41, 5.74) is 1.54.